The molecule has 0 aromatic heterocycles. The summed E-state index contributed by atoms with van der Waals surface area (Å²) in [5.41, 5.74) is -0.686. The normalized spacial score (nSPS) is 30.9. The largest absolute Gasteiger partial charge is 0.388 e. The van der Waals surface area contributed by atoms with Gasteiger partial charge in [-0.05, 0) is 38.5 Å². The van der Waals surface area contributed by atoms with E-state index in [4.69, 9.17) is 4.74 Å². The highest BCUT2D eigenvalue weighted by Gasteiger charge is 2.32. The third-order valence-corrected chi connectivity index (χ3v) is 4.78. The maximum absolute atomic E-state index is 12.0. The second kappa shape index (κ2) is 6.90. The van der Waals surface area contributed by atoms with Gasteiger partial charge in [-0.25, -0.2) is 0 Å². The van der Waals surface area contributed by atoms with Gasteiger partial charge in [-0.1, -0.05) is 32.6 Å². The van der Waals surface area contributed by atoms with Gasteiger partial charge in [0.2, 0.25) is 5.91 Å². The first-order chi connectivity index (χ1) is 9.48. The highest BCUT2D eigenvalue weighted by Crippen LogP contribution is 2.29. The molecule has 0 saturated heterocycles. The van der Waals surface area contributed by atoms with Crippen LogP contribution in [0.2, 0.25) is 0 Å². The number of aliphatic hydroxyl groups is 1. The quantitative estimate of drug-likeness (QED) is 0.814. The number of carbonyl (C=O) groups excluding carboxylic acids is 1. The van der Waals surface area contributed by atoms with Crippen molar-refractivity contribution in [3.63, 3.8) is 0 Å². The van der Waals surface area contributed by atoms with Crippen molar-refractivity contribution in [2.75, 3.05) is 6.54 Å². The van der Waals surface area contributed by atoms with Crippen LogP contribution in [0, 0.1) is 5.92 Å². The molecule has 2 aliphatic rings. The molecule has 2 fully saturated rings. The van der Waals surface area contributed by atoms with Crippen molar-refractivity contribution in [1.29, 1.82) is 0 Å². The van der Waals surface area contributed by atoms with Gasteiger partial charge in [-0.15, -0.1) is 0 Å². The summed E-state index contributed by atoms with van der Waals surface area (Å²) in [5.74, 6) is 0.603. The molecule has 3 unspecified atom stereocenters. The average Bonchev–Trinajstić information content (AvgIpc) is 2.83. The van der Waals surface area contributed by atoms with E-state index in [1.165, 1.54) is 12.8 Å². The van der Waals surface area contributed by atoms with Crippen LogP contribution in [0.3, 0.4) is 0 Å². The molecule has 3 atom stereocenters. The fraction of sp³-hybridized carbons (Fsp3) is 0.938. The smallest absolute Gasteiger partial charge is 0.248 e. The maximum atomic E-state index is 12.0. The zero-order valence-electron chi connectivity index (χ0n) is 12.9. The van der Waals surface area contributed by atoms with Crippen LogP contribution in [0.25, 0.3) is 0 Å². The Balaban J connectivity index is 1.71. The molecule has 4 heteroatoms. The van der Waals surface area contributed by atoms with Crippen LogP contribution in [-0.2, 0) is 9.53 Å². The zero-order valence-corrected chi connectivity index (χ0v) is 12.9. The molecule has 0 aromatic rings. The summed E-state index contributed by atoms with van der Waals surface area (Å²) in [4.78, 5) is 12.0. The van der Waals surface area contributed by atoms with Crippen molar-refractivity contribution >= 4 is 5.91 Å². The van der Waals surface area contributed by atoms with Crippen LogP contribution in [0.4, 0.5) is 0 Å². The van der Waals surface area contributed by atoms with Gasteiger partial charge in [0.25, 0.3) is 0 Å². The Morgan fingerprint density at radius 3 is 2.70 bits per heavy atom. The molecule has 0 aliphatic heterocycles. The number of carbonyl (C=O) groups is 1. The van der Waals surface area contributed by atoms with Gasteiger partial charge in [0.15, 0.2) is 0 Å². The molecule has 4 nitrogen and oxygen atoms in total. The van der Waals surface area contributed by atoms with Gasteiger partial charge < -0.3 is 15.2 Å². The standard InChI is InChI=1S/C16H29NO3/c1-12-6-5-7-14(10-12)20-13(2)15(18)17-11-16(19)8-3-4-9-16/h12-14,19H,3-11H2,1-2H3,(H,17,18). The molecule has 0 aromatic carbocycles. The van der Waals surface area contributed by atoms with Crippen LogP contribution in [0.5, 0.6) is 0 Å². The molecule has 2 N–H and O–H groups in total. The fourth-order valence-electron chi connectivity index (χ4n) is 3.46. The highest BCUT2D eigenvalue weighted by atomic mass is 16.5. The average molecular weight is 283 g/mol. The number of ether oxygens (including phenoxy) is 1. The Morgan fingerprint density at radius 1 is 1.35 bits per heavy atom. The van der Waals surface area contributed by atoms with Crippen molar-refractivity contribution in [3.8, 4) is 0 Å². The zero-order chi connectivity index (χ0) is 14.6. The Morgan fingerprint density at radius 2 is 2.05 bits per heavy atom. The lowest BCUT2D eigenvalue weighted by atomic mass is 9.88. The Kier molecular flexibility index (Phi) is 5.44. The molecule has 2 saturated carbocycles. The highest BCUT2D eigenvalue weighted by molar-refractivity contribution is 5.80. The van der Waals surface area contributed by atoms with E-state index in [-0.39, 0.29) is 12.0 Å². The Labute approximate surface area is 122 Å². The molecule has 0 spiro atoms. The minimum absolute atomic E-state index is 0.0939. The minimum atomic E-state index is -0.686. The summed E-state index contributed by atoms with van der Waals surface area (Å²) < 4.78 is 5.88. The molecular weight excluding hydrogens is 254 g/mol. The second-order valence-corrected chi connectivity index (χ2v) is 6.82. The van der Waals surface area contributed by atoms with Crippen LogP contribution in [-0.4, -0.2) is 35.4 Å². The predicted molar refractivity (Wildman–Crippen MR) is 78.4 cm³/mol. The summed E-state index contributed by atoms with van der Waals surface area (Å²) in [6.07, 6.45) is 8.08. The molecule has 2 aliphatic carbocycles. The van der Waals surface area contributed by atoms with E-state index in [0.717, 1.165) is 38.5 Å². The molecule has 0 radical (unpaired) electrons. The summed E-state index contributed by atoms with van der Waals surface area (Å²) in [6, 6.07) is 0. The van der Waals surface area contributed by atoms with Crippen molar-refractivity contribution < 1.29 is 14.6 Å². The monoisotopic (exact) mass is 283 g/mol. The van der Waals surface area contributed by atoms with Crippen molar-refractivity contribution in [1.82, 2.24) is 5.32 Å². The maximum Gasteiger partial charge on any atom is 0.248 e. The lowest BCUT2D eigenvalue weighted by molar-refractivity contribution is -0.138. The van der Waals surface area contributed by atoms with Gasteiger partial charge in [-0.3, -0.25) is 4.79 Å². The van der Waals surface area contributed by atoms with Crippen molar-refractivity contribution in [2.24, 2.45) is 5.92 Å². The van der Waals surface area contributed by atoms with E-state index < -0.39 is 11.7 Å². The van der Waals surface area contributed by atoms with Crippen LogP contribution < -0.4 is 5.32 Å². The van der Waals surface area contributed by atoms with Gasteiger partial charge in [-0.2, -0.15) is 0 Å². The van der Waals surface area contributed by atoms with E-state index in [0.29, 0.717) is 12.5 Å². The van der Waals surface area contributed by atoms with E-state index in [1.54, 1.807) is 0 Å². The predicted octanol–water partition coefficient (Wildman–Crippen LogP) is 2.39. The summed E-state index contributed by atoms with van der Waals surface area (Å²) >= 11 is 0. The third-order valence-electron chi connectivity index (χ3n) is 4.78. The summed E-state index contributed by atoms with van der Waals surface area (Å²) in [6.45, 7) is 4.42. The number of amides is 1. The second-order valence-electron chi connectivity index (χ2n) is 6.82. The fourth-order valence-corrected chi connectivity index (χ4v) is 3.46. The first-order valence-corrected chi connectivity index (χ1v) is 8.14. The van der Waals surface area contributed by atoms with Gasteiger partial charge in [0.05, 0.1) is 11.7 Å². The van der Waals surface area contributed by atoms with Crippen molar-refractivity contribution in [2.45, 2.75) is 83.0 Å². The number of rotatable bonds is 5. The van der Waals surface area contributed by atoms with Crippen LogP contribution in [0.15, 0.2) is 0 Å². The van der Waals surface area contributed by atoms with Crippen LogP contribution >= 0.6 is 0 Å². The molecule has 20 heavy (non-hydrogen) atoms. The van der Waals surface area contributed by atoms with E-state index >= 15 is 0 Å². The van der Waals surface area contributed by atoms with Gasteiger partial charge in [0.1, 0.15) is 6.10 Å². The first-order valence-electron chi connectivity index (χ1n) is 8.14. The molecule has 1 amide bonds. The lowest BCUT2D eigenvalue weighted by Gasteiger charge is -2.29. The van der Waals surface area contributed by atoms with E-state index in [9.17, 15) is 9.90 Å². The van der Waals surface area contributed by atoms with E-state index in [2.05, 4.69) is 12.2 Å². The molecule has 0 heterocycles. The number of nitrogens with one attached hydrogen (secondary N) is 1. The summed E-state index contributed by atoms with van der Waals surface area (Å²) in [5, 5.41) is 13.1. The number of hydrogen-bond donors (Lipinski definition) is 2. The van der Waals surface area contributed by atoms with Crippen LogP contribution in [0.1, 0.15) is 65.2 Å². The third kappa shape index (κ3) is 4.45. The Hall–Kier alpha value is -0.610. The SMILES string of the molecule is CC1CCCC(OC(C)C(=O)NCC2(O)CCCC2)C1. The summed E-state index contributed by atoms with van der Waals surface area (Å²) in [7, 11) is 0. The molecule has 116 valence electrons. The van der Waals surface area contributed by atoms with Gasteiger partial charge >= 0.3 is 0 Å². The van der Waals surface area contributed by atoms with Gasteiger partial charge in [0, 0.05) is 6.54 Å². The minimum Gasteiger partial charge on any atom is -0.388 e. The first kappa shape index (κ1) is 15.8. The topological polar surface area (TPSA) is 58.6 Å². The van der Waals surface area contributed by atoms with Crippen molar-refractivity contribution in [3.05, 3.63) is 0 Å². The molecule has 2 rings (SSSR count). The molecule has 0 bridgehead atoms. The number of hydrogen-bond acceptors (Lipinski definition) is 3. The Bertz CT molecular complexity index is 326. The molecular formula is C16H29NO3. The van der Waals surface area contributed by atoms with E-state index in [1.807, 2.05) is 6.92 Å². The lowest BCUT2D eigenvalue weighted by Crippen LogP contribution is -2.45.